The summed E-state index contributed by atoms with van der Waals surface area (Å²) in [5.41, 5.74) is 0.573. The van der Waals surface area contributed by atoms with Crippen LogP contribution in [0.25, 0.3) is 0 Å². The summed E-state index contributed by atoms with van der Waals surface area (Å²) in [6, 6.07) is 0.209. The molecule has 0 spiro atoms. The summed E-state index contributed by atoms with van der Waals surface area (Å²) in [6.07, 6.45) is 2.24. The van der Waals surface area contributed by atoms with Crippen molar-refractivity contribution >= 4 is 11.8 Å². The molecule has 2 amide bonds. The van der Waals surface area contributed by atoms with E-state index in [9.17, 15) is 9.59 Å². The molecule has 4 nitrogen and oxygen atoms in total. The van der Waals surface area contributed by atoms with E-state index in [-0.39, 0.29) is 17.9 Å². The molecule has 0 unspecified atom stereocenters. The zero-order valence-electron chi connectivity index (χ0n) is 11.3. The lowest BCUT2D eigenvalue weighted by Crippen LogP contribution is -2.27. The Bertz CT molecular complexity index is 271. The lowest BCUT2D eigenvalue weighted by Gasteiger charge is -2.02. The Kier molecular flexibility index (Phi) is 11.4. The van der Waals surface area contributed by atoms with Crippen LogP contribution >= 0.6 is 0 Å². The first-order chi connectivity index (χ1) is 7.84. The third kappa shape index (κ3) is 14.4. The molecule has 0 fully saturated rings. The van der Waals surface area contributed by atoms with Gasteiger partial charge in [-0.3, -0.25) is 9.59 Å². The first-order valence-corrected chi connectivity index (χ1v) is 5.71. The van der Waals surface area contributed by atoms with Crippen LogP contribution in [-0.2, 0) is 9.59 Å². The minimum absolute atomic E-state index is 0.0446. The Morgan fingerprint density at radius 2 is 1.88 bits per heavy atom. The number of carbonyl (C=O) groups is 2. The first kappa shape index (κ1) is 17.8. The highest BCUT2D eigenvalue weighted by molar-refractivity contribution is 5.92. The molecule has 17 heavy (non-hydrogen) atoms. The molecule has 0 aliphatic carbocycles. The van der Waals surface area contributed by atoms with E-state index in [0.717, 1.165) is 13.0 Å². The quantitative estimate of drug-likeness (QED) is 0.720. The third-order valence-corrected chi connectivity index (χ3v) is 1.54. The number of rotatable bonds is 5. The summed E-state index contributed by atoms with van der Waals surface area (Å²) in [5, 5.41) is 5.33. The molecule has 0 aromatic heterocycles. The van der Waals surface area contributed by atoms with Crippen molar-refractivity contribution in [2.45, 2.75) is 40.2 Å². The van der Waals surface area contributed by atoms with Gasteiger partial charge in [0.1, 0.15) is 0 Å². The normalized spacial score (nSPS) is 8.76. The highest BCUT2D eigenvalue weighted by Crippen LogP contribution is 1.84. The van der Waals surface area contributed by atoms with Gasteiger partial charge >= 0.3 is 0 Å². The second-order valence-electron chi connectivity index (χ2n) is 3.90. The van der Waals surface area contributed by atoms with Crippen LogP contribution in [0, 0.1) is 0 Å². The van der Waals surface area contributed by atoms with Crippen molar-refractivity contribution in [2.24, 2.45) is 0 Å². The van der Waals surface area contributed by atoms with Crippen LogP contribution in [0.4, 0.5) is 0 Å². The Hall–Kier alpha value is -1.58. The predicted molar refractivity (Wildman–Crippen MR) is 71.6 cm³/mol. The molecule has 98 valence electrons. The summed E-state index contributed by atoms with van der Waals surface area (Å²) in [7, 11) is 0. The van der Waals surface area contributed by atoms with Crippen LogP contribution in [0.3, 0.4) is 0 Å². The number of hydrogen-bond acceptors (Lipinski definition) is 2. The van der Waals surface area contributed by atoms with Gasteiger partial charge in [0.15, 0.2) is 0 Å². The van der Waals surface area contributed by atoms with Gasteiger partial charge in [-0.1, -0.05) is 20.1 Å². The lowest BCUT2D eigenvalue weighted by molar-refractivity contribution is -0.118. The van der Waals surface area contributed by atoms with Gasteiger partial charge in [0.25, 0.3) is 0 Å². The molecule has 0 aromatic carbocycles. The monoisotopic (exact) mass is 240 g/mol. The molecular weight excluding hydrogens is 216 g/mol. The summed E-state index contributed by atoms with van der Waals surface area (Å²) in [6.45, 7) is 15.1. The molecular formula is C13H24N2O2. The van der Waals surface area contributed by atoms with E-state index in [1.165, 1.54) is 6.08 Å². The van der Waals surface area contributed by atoms with Crippen LogP contribution in [0.1, 0.15) is 34.1 Å². The van der Waals surface area contributed by atoms with Gasteiger partial charge in [-0.25, -0.2) is 0 Å². The van der Waals surface area contributed by atoms with Crippen molar-refractivity contribution in [3.63, 3.8) is 0 Å². The molecule has 0 rings (SSSR count). The van der Waals surface area contributed by atoms with Crippen LogP contribution in [0.5, 0.6) is 0 Å². The fourth-order valence-electron chi connectivity index (χ4n) is 0.733. The molecule has 0 radical (unpaired) electrons. The minimum atomic E-state index is -0.111. The van der Waals surface area contributed by atoms with Crippen molar-refractivity contribution in [3.05, 3.63) is 24.8 Å². The van der Waals surface area contributed by atoms with Gasteiger partial charge < -0.3 is 10.6 Å². The van der Waals surface area contributed by atoms with Crippen molar-refractivity contribution < 1.29 is 9.59 Å². The molecule has 0 bridgehead atoms. The summed E-state index contributed by atoms with van der Waals surface area (Å²) in [4.78, 5) is 21.1. The predicted octanol–water partition coefficient (Wildman–Crippen LogP) is 1.79. The first-order valence-electron chi connectivity index (χ1n) is 5.71. The molecule has 0 saturated carbocycles. The van der Waals surface area contributed by atoms with E-state index < -0.39 is 0 Å². The second kappa shape index (κ2) is 10.9. The number of carbonyl (C=O) groups excluding carboxylic acids is 2. The van der Waals surface area contributed by atoms with E-state index in [1.807, 2.05) is 20.8 Å². The Labute approximate surface area is 104 Å². The second-order valence-corrected chi connectivity index (χ2v) is 3.90. The summed E-state index contributed by atoms with van der Waals surface area (Å²) < 4.78 is 0. The van der Waals surface area contributed by atoms with E-state index >= 15 is 0 Å². The Balaban J connectivity index is 0. The van der Waals surface area contributed by atoms with Crippen LogP contribution in [0.2, 0.25) is 0 Å². The largest absolute Gasteiger partial charge is 0.352 e. The maximum Gasteiger partial charge on any atom is 0.246 e. The van der Waals surface area contributed by atoms with E-state index in [0.29, 0.717) is 5.57 Å². The number of nitrogens with one attached hydrogen (secondary N) is 2. The highest BCUT2D eigenvalue weighted by atomic mass is 16.2. The lowest BCUT2D eigenvalue weighted by atomic mass is 10.3. The van der Waals surface area contributed by atoms with Crippen molar-refractivity contribution in [1.82, 2.24) is 10.6 Å². The average Bonchev–Trinajstić information content (AvgIpc) is 2.25. The third-order valence-electron chi connectivity index (χ3n) is 1.54. The topological polar surface area (TPSA) is 58.2 Å². The Morgan fingerprint density at radius 3 is 2.12 bits per heavy atom. The van der Waals surface area contributed by atoms with Gasteiger partial charge in [0.2, 0.25) is 11.8 Å². The molecule has 0 aromatic rings. The van der Waals surface area contributed by atoms with E-state index in [2.05, 4.69) is 23.8 Å². The van der Waals surface area contributed by atoms with Crippen LogP contribution < -0.4 is 10.6 Å². The maximum absolute atomic E-state index is 10.7. The molecule has 0 atom stereocenters. The molecule has 4 heteroatoms. The van der Waals surface area contributed by atoms with E-state index in [1.54, 1.807) is 6.92 Å². The van der Waals surface area contributed by atoms with Gasteiger partial charge in [0.05, 0.1) is 0 Å². The Morgan fingerprint density at radius 1 is 1.35 bits per heavy atom. The molecule has 0 heterocycles. The number of hydrogen-bond donors (Lipinski definition) is 2. The van der Waals surface area contributed by atoms with E-state index in [4.69, 9.17) is 0 Å². The fraction of sp³-hybridized carbons (Fsp3) is 0.538. The molecule has 0 aliphatic heterocycles. The minimum Gasteiger partial charge on any atom is -0.352 e. The zero-order chi connectivity index (χ0) is 13.8. The van der Waals surface area contributed by atoms with Crippen molar-refractivity contribution in [1.29, 1.82) is 0 Å². The summed E-state index contributed by atoms with van der Waals surface area (Å²) in [5.74, 6) is -0.156. The number of amides is 2. The van der Waals surface area contributed by atoms with Gasteiger partial charge in [-0.2, -0.15) is 0 Å². The molecule has 0 aliphatic rings. The van der Waals surface area contributed by atoms with Gasteiger partial charge in [0, 0.05) is 18.2 Å². The molecule has 2 N–H and O–H groups in total. The van der Waals surface area contributed by atoms with Gasteiger partial charge in [-0.15, -0.1) is 0 Å². The van der Waals surface area contributed by atoms with Crippen molar-refractivity contribution in [2.75, 3.05) is 6.54 Å². The standard InChI is InChI=1S/C7H13NO.C6H11NO/c1-4-5-8-7(9)6(2)3;1-4-6(8)7-5(2)3/h2,4-5H2,1,3H3,(H,8,9);4-5H,1H2,2-3H3,(H,7,8). The fourth-order valence-corrected chi connectivity index (χ4v) is 0.733. The summed E-state index contributed by atoms with van der Waals surface area (Å²) >= 11 is 0. The van der Waals surface area contributed by atoms with Crippen LogP contribution in [-0.4, -0.2) is 24.4 Å². The van der Waals surface area contributed by atoms with Crippen LogP contribution in [0.15, 0.2) is 24.8 Å². The SMILES string of the molecule is C=C(C)C(=O)NCCC.C=CC(=O)NC(C)C. The molecule has 0 saturated heterocycles. The zero-order valence-corrected chi connectivity index (χ0v) is 11.3. The van der Waals surface area contributed by atoms with Crippen molar-refractivity contribution in [3.8, 4) is 0 Å². The maximum atomic E-state index is 10.7. The highest BCUT2D eigenvalue weighted by Gasteiger charge is 1.96. The smallest absolute Gasteiger partial charge is 0.246 e. The van der Waals surface area contributed by atoms with Gasteiger partial charge in [-0.05, 0) is 33.3 Å². The average molecular weight is 240 g/mol.